The first-order valence-electron chi connectivity index (χ1n) is 5.69. The summed E-state index contributed by atoms with van der Waals surface area (Å²) in [6.07, 6.45) is -2.92. The van der Waals surface area contributed by atoms with Gasteiger partial charge in [0, 0.05) is 17.3 Å². The van der Waals surface area contributed by atoms with Crippen molar-refractivity contribution in [2.24, 2.45) is 0 Å². The summed E-state index contributed by atoms with van der Waals surface area (Å²) in [6.45, 7) is 1.73. The second kappa shape index (κ2) is 5.51. The minimum atomic E-state index is -4.52. The Hall–Kier alpha value is -2.07. The normalized spacial score (nSPS) is 12.8. The summed E-state index contributed by atoms with van der Waals surface area (Å²) in [7, 11) is 0. The van der Waals surface area contributed by atoms with Crippen LogP contribution in [-0.4, -0.2) is 4.98 Å². The fraction of sp³-hybridized carbons (Fsp3) is 0.231. The van der Waals surface area contributed by atoms with E-state index in [1.807, 2.05) is 0 Å². The zero-order chi connectivity index (χ0) is 14.8. The minimum Gasteiger partial charge on any atom is -0.376 e. The number of nitrogens with zero attached hydrogens (tertiary/aromatic N) is 2. The lowest BCUT2D eigenvalue weighted by Gasteiger charge is -2.18. The maximum absolute atomic E-state index is 13.0. The van der Waals surface area contributed by atoms with E-state index in [-0.39, 0.29) is 17.3 Å². The van der Waals surface area contributed by atoms with Gasteiger partial charge < -0.3 is 5.32 Å². The van der Waals surface area contributed by atoms with Gasteiger partial charge in [0.05, 0.1) is 23.2 Å². The molecule has 0 aliphatic heterocycles. The molecule has 0 saturated heterocycles. The molecule has 20 heavy (non-hydrogen) atoms. The number of anilines is 1. The second-order valence-corrected chi connectivity index (χ2v) is 5.03. The van der Waals surface area contributed by atoms with E-state index < -0.39 is 11.7 Å². The molecule has 0 bridgehead atoms. The molecule has 0 aliphatic carbocycles. The van der Waals surface area contributed by atoms with Crippen molar-refractivity contribution in [2.45, 2.75) is 19.1 Å². The number of nitrogens with one attached hydrogen (secondary N) is 1. The van der Waals surface area contributed by atoms with Crippen LogP contribution in [0.5, 0.6) is 0 Å². The van der Waals surface area contributed by atoms with Crippen LogP contribution in [0.1, 0.15) is 29.1 Å². The van der Waals surface area contributed by atoms with Crippen LogP contribution in [0.25, 0.3) is 0 Å². The molecule has 1 atom stereocenters. The number of aromatic nitrogens is 1. The van der Waals surface area contributed by atoms with Gasteiger partial charge in [0.1, 0.15) is 5.01 Å². The predicted molar refractivity (Wildman–Crippen MR) is 70.3 cm³/mol. The Balaban J connectivity index is 2.34. The third-order valence-corrected chi connectivity index (χ3v) is 3.61. The van der Waals surface area contributed by atoms with Crippen molar-refractivity contribution in [3.63, 3.8) is 0 Å². The molecule has 0 amide bonds. The molecule has 0 saturated carbocycles. The topological polar surface area (TPSA) is 48.7 Å². The number of benzene rings is 1. The van der Waals surface area contributed by atoms with Gasteiger partial charge in [-0.1, -0.05) is 0 Å². The van der Waals surface area contributed by atoms with Crippen molar-refractivity contribution in [3.8, 4) is 6.07 Å². The van der Waals surface area contributed by atoms with E-state index in [1.54, 1.807) is 24.6 Å². The van der Waals surface area contributed by atoms with Crippen LogP contribution >= 0.6 is 11.3 Å². The lowest BCUT2D eigenvalue weighted by molar-refractivity contribution is -0.137. The summed E-state index contributed by atoms with van der Waals surface area (Å²) >= 11 is 1.36. The lowest BCUT2D eigenvalue weighted by Crippen LogP contribution is -2.13. The van der Waals surface area contributed by atoms with Crippen LogP contribution in [-0.2, 0) is 6.18 Å². The van der Waals surface area contributed by atoms with E-state index in [1.165, 1.54) is 23.5 Å². The molecule has 2 aromatic rings. The van der Waals surface area contributed by atoms with Crippen molar-refractivity contribution >= 4 is 17.0 Å². The zero-order valence-corrected chi connectivity index (χ0v) is 11.2. The van der Waals surface area contributed by atoms with Gasteiger partial charge in [0.25, 0.3) is 0 Å². The maximum atomic E-state index is 13.0. The third-order valence-electron chi connectivity index (χ3n) is 2.65. The molecule has 104 valence electrons. The van der Waals surface area contributed by atoms with Gasteiger partial charge in [0.15, 0.2) is 0 Å². The fourth-order valence-corrected chi connectivity index (χ4v) is 2.36. The minimum absolute atomic E-state index is 0.0234. The highest BCUT2D eigenvalue weighted by atomic mass is 32.1. The number of hydrogen-bond donors (Lipinski definition) is 1. The fourth-order valence-electron chi connectivity index (χ4n) is 1.72. The van der Waals surface area contributed by atoms with Crippen molar-refractivity contribution in [1.82, 2.24) is 4.98 Å². The quantitative estimate of drug-likeness (QED) is 0.923. The Morgan fingerprint density at radius 1 is 1.40 bits per heavy atom. The van der Waals surface area contributed by atoms with E-state index in [9.17, 15) is 13.2 Å². The van der Waals surface area contributed by atoms with Gasteiger partial charge in [-0.25, -0.2) is 4.98 Å². The van der Waals surface area contributed by atoms with E-state index in [2.05, 4.69) is 10.3 Å². The van der Waals surface area contributed by atoms with Crippen LogP contribution in [0.15, 0.2) is 29.8 Å². The second-order valence-electron chi connectivity index (χ2n) is 4.11. The molecular formula is C13H10F3N3S. The van der Waals surface area contributed by atoms with Gasteiger partial charge in [-0.3, -0.25) is 0 Å². The average molecular weight is 297 g/mol. The number of nitriles is 1. The molecule has 0 aliphatic rings. The molecule has 1 N–H and O–H groups in total. The monoisotopic (exact) mass is 297 g/mol. The van der Waals surface area contributed by atoms with E-state index in [0.717, 1.165) is 6.07 Å². The van der Waals surface area contributed by atoms with E-state index >= 15 is 0 Å². The molecule has 3 nitrogen and oxygen atoms in total. The highest BCUT2D eigenvalue weighted by Crippen LogP contribution is 2.36. The Labute approximate surface area is 117 Å². The summed E-state index contributed by atoms with van der Waals surface area (Å²) < 4.78 is 39.0. The zero-order valence-electron chi connectivity index (χ0n) is 10.4. The molecule has 0 spiro atoms. The number of alkyl halides is 3. The molecule has 1 aromatic carbocycles. The highest BCUT2D eigenvalue weighted by molar-refractivity contribution is 7.09. The van der Waals surface area contributed by atoms with E-state index in [4.69, 9.17) is 5.26 Å². The smallest absolute Gasteiger partial charge is 0.376 e. The van der Waals surface area contributed by atoms with Crippen LogP contribution in [0.3, 0.4) is 0 Å². The molecule has 1 heterocycles. The Bertz CT molecular complexity index is 629. The first-order chi connectivity index (χ1) is 9.41. The third kappa shape index (κ3) is 3.08. The number of hydrogen-bond acceptors (Lipinski definition) is 4. The van der Waals surface area contributed by atoms with Crippen molar-refractivity contribution in [3.05, 3.63) is 45.9 Å². The predicted octanol–water partition coefficient (Wildman–Crippen LogP) is 4.21. The summed E-state index contributed by atoms with van der Waals surface area (Å²) in [6, 6.07) is 4.83. The maximum Gasteiger partial charge on any atom is 0.418 e. The molecule has 2 rings (SSSR count). The van der Waals surface area contributed by atoms with Crippen LogP contribution < -0.4 is 5.32 Å². The van der Waals surface area contributed by atoms with Gasteiger partial charge in [-0.15, -0.1) is 11.3 Å². The summed E-state index contributed by atoms with van der Waals surface area (Å²) in [4.78, 5) is 4.06. The standard InChI is InChI=1S/C13H10F3N3S/c1-8(12-18-4-5-20-12)19-11-3-2-9(7-17)6-10(11)13(14,15)16/h2-6,8,19H,1H3. The number of halogens is 3. The molecule has 0 radical (unpaired) electrons. The Morgan fingerprint density at radius 2 is 2.15 bits per heavy atom. The van der Waals surface area contributed by atoms with Gasteiger partial charge >= 0.3 is 6.18 Å². The Kier molecular flexibility index (Phi) is 3.95. The van der Waals surface area contributed by atoms with E-state index in [0.29, 0.717) is 5.01 Å². The van der Waals surface area contributed by atoms with Crippen LogP contribution in [0, 0.1) is 11.3 Å². The van der Waals surface area contributed by atoms with Crippen LogP contribution in [0.2, 0.25) is 0 Å². The summed E-state index contributed by atoms with van der Waals surface area (Å²) in [5.74, 6) is 0. The molecule has 7 heteroatoms. The number of thiazole rings is 1. The molecular weight excluding hydrogens is 287 g/mol. The largest absolute Gasteiger partial charge is 0.418 e. The van der Waals surface area contributed by atoms with Crippen LogP contribution in [0.4, 0.5) is 18.9 Å². The highest BCUT2D eigenvalue weighted by Gasteiger charge is 2.34. The van der Waals surface area contributed by atoms with Crippen molar-refractivity contribution < 1.29 is 13.2 Å². The summed E-state index contributed by atoms with van der Waals surface area (Å²) in [5, 5.41) is 14.0. The average Bonchev–Trinajstić information content (AvgIpc) is 2.91. The Morgan fingerprint density at radius 3 is 2.70 bits per heavy atom. The molecule has 1 aromatic heterocycles. The first-order valence-corrected chi connectivity index (χ1v) is 6.57. The lowest BCUT2D eigenvalue weighted by atomic mass is 10.1. The molecule has 0 fully saturated rings. The SMILES string of the molecule is CC(Nc1ccc(C#N)cc1C(F)(F)F)c1nccs1. The molecule has 1 unspecified atom stereocenters. The van der Waals surface area contributed by atoms with Gasteiger partial charge in [-0.05, 0) is 25.1 Å². The van der Waals surface area contributed by atoms with Gasteiger partial charge in [-0.2, -0.15) is 18.4 Å². The summed E-state index contributed by atoms with van der Waals surface area (Å²) in [5.41, 5.74) is -0.927. The van der Waals surface area contributed by atoms with Gasteiger partial charge in [0.2, 0.25) is 0 Å². The number of rotatable bonds is 3. The first kappa shape index (κ1) is 14.3. The van der Waals surface area contributed by atoms with Crippen molar-refractivity contribution in [1.29, 1.82) is 5.26 Å². The van der Waals surface area contributed by atoms with Crippen molar-refractivity contribution in [2.75, 3.05) is 5.32 Å².